The van der Waals surface area contributed by atoms with E-state index < -0.39 is 0 Å². The van der Waals surface area contributed by atoms with Crippen molar-refractivity contribution in [3.63, 3.8) is 0 Å². The molecule has 0 aliphatic carbocycles. The molecule has 0 saturated heterocycles. The Morgan fingerprint density at radius 3 is 2.23 bits per heavy atom. The predicted octanol–water partition coefficient (Wildman–Crippen LogP) is 5.65. The maximum Gasteiger partial charge on any atom is 0.326 e. The molecule has 0 spiro atoms. The maximum atomic E-state index is 13.3. The van der Waals surface area contributed by atoms with Gasteiger partial charge in [0.25, 0.3) is 5.91 Å². The third-order valence-corrected chi connectivity index (χ3v) is 4.89. The number of benzene rings is 3. The molecule has 0 aliphatic rings. The molecule has 0 aromatic heterocycles. The van der Waals surface area contributed by atoms with Crippen LogP contribution < -0.4 is 15.5 Å². The zero-order chi connectivity index (χ0) is 22.2. The van der Waals surface area contributed by atoms with E-state index >= 15 is 0 Å². The van der Waals surface area contributed by atoms with Gasteiger partial charge in [-0.1, -0.05) is 29.3 Å². The van der Waals surface area contributed by atoms with Crippen LogP contribution in [0.3, 0.4) is 0 Å². The van der Waals surface area contributed by atoms with Crippen LogP contribution in [0.5, 0.6) is 0 Å². The maximum absolute atomic E-state index is 13.3. The Labute approximate surface area is 185 Å². The fourth-order valence-electron chi connectivity index (χ4n) is 2.94. The normalized spacial score (nSPS) is 10.4. The van der Waals surface area contributed by atoms with Crippen LogP contribution in [-0.4, -0.2) is 25.0 Å². The van der Waals surface area contributed by atoms with Crippen molar-refractivity contribution in [2.75, 3.05) is 23.3 Å². The second kappa shape index (κ2) is 10.6. The average Bonchev–Trinajstić information content (AvgIpc) is 2.76. The van der Waals surface area contributed by atoms with Crippen LogP contribution in [0.2, 0.25) is 5.02 Å². The monoisotopic (exact) mass is 439 g/mol. The highest BCUT2D eigenvalue weighted by molar-refractivity contribution is 6.30. The summed E-state index contributed by atoms with van der Waals surface area (Å²) < 4.78 is 13.3. The molecule has 0 aliphatic heterocycles. The molecule has 0 radical (unpaired) electrons. The molecule has 5 nitrogen and oxygen atoms in total. The minimum Gasteiger partial charge on any atom is -0.352 e. The van der Waals surface area contributed by atoms with Crippen LogP contribution in [0.15, 0.2) is 72.8 Å². The quantitative estimate of drug-likeness (QED) is 0.467. The number of anilines is 2. The topological polar surface area (TPSA) is 61.4 Å². The van der Waals surface area contributed by atoms with E-state index in [9.17, 15) is 14.0 Å². The van der Waals surface area contributed by atoms with E-state index in [2.05, 4.69) is 10.6 Å². The van der Waals surface area contributed by atoms with Crippen molar-refractivity contribution >= 4 is 34.9 Å². The van der Waals surface area contributed by atoms with Gasteiger partial charge in [-0.25, -0.2) is 9.18 Å². The Morgan fingerprint density at radius 2 is 1.58 bits per heavy atom. The summed E-state index contributed by atoms with van der Waals surface area (Å²) in [5, 5.41) is 6.25. The molecule has 3 rings (SSSR count). The molecule has 0 heterocycles. The van der Waals surface area contributed by atoms with Crippen molar-refractivity contribution in [2.45, 2.75) is 13.3 Å². The molecule has 31 heavy (non-hydrogen) atoms. The molecule has 0 fully saturated rings. The van der Waals surface area contributed by atoms with Gasteiger partial charge in [0, 0.05) is 35.1 Å². The summed E-state index contributed by atoms with van der Waals surface area (Å²) in [5.74, 6) is -0.591. The van der Waals surface area contributed by atoms with Crippen LogP contribution >= 0.6 is 11.6 Å². The first-order chi connectivity index (χ1) is 14.9. The van der Waals surface area contributed by atoms with E-state index in [0.717, 1.165) is 5.56 Å². The third kappa shape index (κ3) is 6.55. The van der Waals surface area contributed by atoms with E-state index in [1.54, 1.807) is 36.4 Å². The molecular formula is C24H23ClFN3O2. The summed E-state index contributed by atoms with van der Waals surface area (Å²) >= 11 is 5.84. The van der Waals surface area contributed by atoms with E-state index in [1.807, 2.05) is 31.2 Å². The van der Waals surface area contributed by atoms with Gasteiger partial charge in [-0.15, -0.1) is 0 Å². The number of urea groups is 1. The number of aryl methyl sites for hydroxylation is 1. The van der Waals surface area contributed by atoms with Gasteiger partial charge in [0.1, 0.15) is 5.82 Å². The molecular weight excluding hydrogens is 417 g/mol. The first-order valence-corrected chi connectivity index (χ1v) is 10.2. The van der Waals surface area contributed by atoms with Gasteiger partial charge in [-0.3, -0.25) is 9.69 Å². The Morgan fingerprint density at radius 1 is 0.935 bits per heavy atom. The molecule has 0 atom stereocenters. The molecule has 2 N–H and O–H groups in total. The van der Waals surface area contributed by atoms with Crippen LogP contribution in [0.1, 0.15) is 22.3 Å². The molecule has 3 amide bonds. The summed E-state index contributed by atoms with van der Waals surface area (Å²) in [4.78, 5) is 26.6. The van der Waals surface area contributed by atoms with Crippen LogP contribution in [0.25, 0.3) is 0 Å². The van der Waals surface area contributed by atoms with Gasteiger partial charge in [-0.2, -0.15) is 0 Å². The predicted molar refractivity (Wildman–Crippen MR) is 122 cm³/mol. The number of carbonyl (C=O) groups is 2. The van der Waals surface area contributed by atoms with Crippen molar-refractivity contribution in [1.82, 2.24) is 5.32 Å². The van der Waals surface area contributed by atoms with Gasteiger partial charge in [0.2, 0.25) is 0 Å². The third-order valence-electron chi connectivity index (χ3n) is 4.64. The molecule has 0 unspecified atom stereocenters. The number of rotatable bonds is 7. The van der Waals surface area contributed by atoms with Crippen LogP contribution in [0, 0.1) is 12.7 Å². The molecule has 0 bridgehead atoms. The minimum absolute atomic E-state index is 0.214. The number of halogens is 2. The lowest BCUT2D eigenvalue weighted by atomic mass is 10.2. The number of hydrogen-bond donors (Lipinski definition) is 2. The Hall–Kier alpha value is -3.38. The smallest absolute Gasteiger partial charge is 0.326 e. The number of carbonyl (C=O) groups excluding carboxylic acids is 2. The molecule has 3 aromatic rings. The van der Waals surface area contributed by atoms with Crippen molar-refractivity contribution in [1.29, 1.82) is 0 Å². The van der Waals surface area contributed by atoms with Gasteiger partial charge in [0.15, 0.2) is 0 Å². The first kappa shape index (κ1) is 22.3. The van der Waals surface area contributed by atoms with E-state index in [-0.39, 0.29) is 17.8 Å². The average molecular weight is 440 g/mol. The van der Waals surface area contributed by atoms with E-state index in [1.165, 1.54) is 17.0 Å². The molecule has 7 heteroatoms. The molecule has 3 aromatic carbocycles. The summed E-state index contributed by atoms with van der Waals surface area (Å²) in [6.45, 7) is 2.68. The standard InChI is InChI=1S/C24H23ClFN3O2/c1-17-3-11-21(12-4-17)28-24(31)29(22-13-9-20(26)10-14-22)16-2-15-27-23(30)18-5-7-19(25)8-6-18/h3-14H,2,15-16H2,1H3,(H,27,30)(H,28,31). The number of hydrogen-bond acceptors (Lipinski definition) is 2. The van der Waals surface area contributed by atoms with Crippen molar-refractivity contribution in [3.05, 3.63) is 94.8 Å². The summed E-state index contributed by atoms with van der Waals surface area (Å²) in [6, 6.07) is 19.5. The lowest BCUT2D eigenvalue weighted by Gasteiger charge is -2.23. The molecule has 160 valence electrons. The highest BCUT2D eigenvalue weighted by Gasteiger charge is 2.16. The SMILES string of the molecule is Cc1ccc(NC(=O)N(CCCNC(=O)c2ccc(Cl)cc2)c2ccc(F)cc2)cc1. The number of amides is 3. The first-order valence-electron chi connectivity index (χ1n) is 9.87. The van der Waals surface area contributed by atoms with Crippen molar-refractivity contribution in [2.24, 2.45) is 0 Å². The fourth-order valence-corrected chi connectivity index (χ4v) is 3.07. The lowest BCUT2D eigenvalue weighted by Crippen LogP contribution is -2.37. The van der Waals surface area contributed by atoms with Crippen LogP contribution in [0.4, 0.5) is 20.6 Å². The fraction of sp³-hybridized carbons (Fsp3) is 0.167. The van der Waals surface area contributed by atoms with E-state index in [4.69, 9.17) is 11.6 Å². The highest BCUT2D eigenvalue weighted by atomic mass is 35.5. The Bertz CT molecular complexity index is 1020. The Balaban J connectivity index is 1.61. The highest BCUT2D eigenvalue weighted by Crippen LogP contribution is 2.18. The second-order valence-corrected chi connectivity index (χ2v) is 7.48. The van der Waals surface area contributed by atoms with Crippen molar-refractivity contribution < 1.29 is 14.0 Å². The largest absolute Gasteiger partial charge is 0.352 e. The van der Waals surface area contributed by atoms with Crippen molar-refractivity contribution in [3.8, 4) is 0 Å². The summed E-state index contributed by atoms with van der Waals surface area (Å²) in [7, 11) is 0. The second-order valence-electron chi connectivity index (χ2n) is 7.04. The Kier molecular flexibility index (Phi) is 7.62. The number of nitrogens with one attached hydrogen (secondary N) is 2. The van der Waals surface area contributed by atoms with Gasteiger partial charge in [0.05, 0.1) is 0 Å². The lowest BCUT2D eigenvalue weighted by molar-refractivity contribution is 0.0953. The summed E-state index contributed by atoms with van der Waals surface area (Å²) in [6.07, 6.45) is 0.512. The molecule has 0 saturated carbocycles. The zero-order valence-electron chi connectivity index (χ0n) is 17.1. The zero-order valence-corrected chi connectivity index (χ0v) is 17.8. The minimum atomic E-state index is -0.377. The van der Waals surface area contributed by atoms with Crippen LogP contribution in [-0.2, 0) is 0 Å². The van der Waals surface area contributed by atoms with Gasteiger partial charge >= 0.3 is 6.03 Å². The van der Waals surface area contributed by atoms with Gasteiger partial charge < -0.3 is 10.6 Å². The van der Waals surface area contributed by atoms with E-state index in [0.29, 0.717) is 41.5 Å². The van der Waals surface area contributed by atoms with Gasteiger partial charge in [-0.05, 0) is 74.0 Å². The number of nitrogens with zero attached hydrogens (tertiary/aromatic N) is 1. The summed E-state index contributed by atoms with van der Waals surface area (Å²) in [5.41, 5.74) is 2.83.